The summed E-state index contributed by atoms with van der Waals surface area (Å²) in [5.74, 6) is 1.61. The van der Waals surface area contributed by atoms with Gasteiger partial charge < -0.3 is 0 Å². The normalized spacial score (nSPS) is 26.3. The van der Waals surface area contributed by atoms with Gasteiger partial charge in [-0.1, -0.05) is 6.42 Å². The molecule has 2 heterocycles. The summed E-state index contributed by atoms with van der Waals surface area (Å²) >= 11 is 0. The van der Waals surface area contributed by atoms with Gasteiger partial charge in [-0.15, -0.1) is 4.91 Å². The predicted octanol–water partition coefficient (Wildman–Crippen LogP) is 2.39. The van der Waals surface area contributed by atoms with Gasteiger partial charge in [-0.25, -0.2) is 0 Å². The number of nitrogens with zero attached hydrogens (tertiary/aromatic N) is 3. The largest absolute Gasteiger partial charge is 0.295 e. The summed E-state index contributed by atoms with van der Waals surface area (Å²) in [4.78, 5) is 28.6. The number of Topliss-reactive ketones (excluding diaryl/α,β-unsaturated/α-hetero) is 1. The van der Waals surface area contributed by atoms with E-state index in [-0.39, 0.29) is 11.5 Å². The summed E-state index contributed by atoms with van der Waals surface area (Å²) in [5.41, 5.74) is 0.678. The lowest BCUT2D eigenvalue weighted by atomic mass is 10.0. The molecule has 0 bridgehead atoms. The second-order valence-electron chi connectivity index (χ2n) is 5.56. The Bertz CT molecular complexity index is 474. The molecule has 2 fully saturated rings. The third kappa shape index (κ3) is 2.56. The van der Waals surface area contributed by atoms with Crippen LogP contribution in [0.4, 0.5) is 5.69 Å². The maximum Gasteiger partial charge on any atom is 0.195 e. The van der Waals surface area contributed by atoms with E-state index in [1.807, 2.05) is 0 Å². The fraction of sp³-hybridized carbons (Fsp3) is 0.571. The van der Waals surface area contributed by atoms with Crippen molar-refractivity contribution in [1.29, 1.82) is 0 Å². The fourth-order valence-electron chi connectivity index (χ4n) is 3.35. The summed E-state index contributed by atoms with van der Waals surface area (Å²) in [5, 5.41) is 2.78. The summed E-state index contributed by atoms with van der Waals surface area (Å²) in [7, 11) is 0. The summed E-state index contributed by atoms with van der Waals surface area (Å²) < 4.78 is 0. The maximum atomic E-state index is 12.1. The highest BCUT2D eigenvalue weighted by atomic mass is 16.3. The molecule has 0 amide bonds. The van der Waals surface area contributed by atoms with Gasteiger partial charge >= 0.3 is 0 Å². The van der Waals surface area contributed by atoms with Gasteiger partial charge in [0.05, 0.1) is 12.7 Å². The Balaban J connectivity index is 1.60. The first kappa shape index (κ1) is 12.4. The number of carbonyl (C=O) groups is 1. The highest BCUT2D eigenvalue weighted by molar-refractivity contribution is 5.95. The number of hydrogen-bond acceptors (Lipinski definition) is 5. The monoisotopic (exact) mass is 259 g/mol. The van der Waals surface area contributed by atoms with Crippen LogP contribution in [-0.2, 0) is 0 Å². The highest BCUT2D eigenvalue weighted by Gasteiger charge is 2.36. The number of fused-ring (bicyclic) bond motifs is 1. The number of ketones is 1. The molecule has 1 aliphatic carbocycles. The SMILES string of the molecule is O=Nc1ccc(C(=O)CN2CC3CCCC3C2)nc1. The quantitative estimate of drug-likeness (QED) is 0.615. The Hall–Kier alpha value is -1.62. The van der Waals surface area contributed by atoms with Crippen molar-refractivity contribution in [3.05, 3.63) is 28.9 Å². The van der Waals surface area contributed by atoms with Crippen LogP contribution in [0.25, 0.3) is 0 Å². The Labute approximate surface area is 112 Å². The molecule has 0 radical (unpaired) electrons. The number of likely N-dealkylation sites (tertiary alicyclic amines) is 1. The summed E-state index contributed by atoms with van der Waals surface area (Å²) in [6.07, 6.45) is 5.32. The van der Waals surface area contributed by atoms with E-state index in [0.717, 1.165) is 24.9 Å². The Morgan fingerprint density at radius 3 is 2.63 bits per heavy atom. The van der Waals surface area contributed by atoms with Gasteiger partial charge in [-0.2, -0.15) is 0 Å². The Morgan fingerprint density at radius 1 is 1.32 bits per heavy atom. The first-order valence-corrected chi connectivity index (χ1v) is 6.81. The molecule has 2 aliphatic rings. The van der Waals surface area contributed by atoms with E-state index in [9.17, 15) is 9.70 Å². The van der Waals surface area contributed by atoms with Crippen LogP contribution in [0.2, 0.25) is 0 Å². The number of nitroso groups, excluding NO2 is 1. The molecular formula is C14H17N3O2. The summed E-state index contributed by atoms with van der Waals surface area (Å²) in [6.45, 7) is 2.53. The van der Waals surface area contributed by atoms with Crippen molar-refractivity contribution in [2.75, 3.05) is 19.6 Å². The van der Waals surface area contributed by atoms with Gasteiger partial charge in [0.2, 0.25) is 0 Å². The van der Waals surface area contributed by atoms with E-state index in [1.54, 1.807) is 6.07 Å². The summed E-state index contributed by atoms with van der Waals surface area (Å²) in [6, 6.07) is 3.11. The van der Waals surface area contributed by atoms with Gasteiger partial charge in [-0.05, 0) is 42.0 Å². The molecule has 0 aromatic carbocycles. The molecule has 5 heteroatoms. The molecule has 5 nitrogen and oxygen atoms in total. The minimum Gasteiger partial charge on any atom is -0.295 e. The van der Waals surface area contributed by atoms with Crippen LogP contribution in [0.15, 0.2) is 23.5 Å². The second-order valence-corrected chi connectivity index (χ2v) is 5.56. The first-order chi connectivity index (χ1) is 9.26. The molecule has 1 aromatic heterocycles. The minimum absolute atomic E-state index is 0.0254. The van der Waals surface area contributed by atoms with Crippen LogP contribution in [-0.4, -0.2) is 35.3 Å². The van der Waals surface area contributed by atoms with Crippen LogP contribution in [0.5, 0.6) is 0 Å². The molecule has 1 saturated carbocycles. The highest BCUT2D eigenvalue weighted by Crippen LogP contribution is 2.37. The second kappa shape index (κ2) is 5.17. The lowest BCUT2D eigenvalue weighted by molar-refractivity contribution is 0.0936. The molecule has 1 saturated heterocycles. The molecule has 0 N–H and O–H groups in total. The number of carbonyl (C=O) groups excluding carboxylic acids is 1. The van der Waals surface area contributed by atoms with E-state index >= 15 is 0 Å². The minimum atomic E-state index is 0.0254. The van der Waals surface area contributed by atoms with Crippen LogP contribution < -0.4 is 0 Å². The van der Waals surface area contributed by atoms with Crippen molar-refractivity contribution in [1.82, 2.24) is 9.88 Å². The van der Waals surface area contributed by atoms with Crippen LogP contribution in [0.3, 0.4) is 0 Å². The molecule has 100 valence electrons. The third-order valence-corrected chi connectivity index (χ3v) is 4.31. The topological polar surface area (TPSA) is 62.6 Å². The lowest BCUT2D eigenvalue weighted by Crippen LogP contribution is -2.29. The third-order valence-electron chi connectivity index (χ3n) is 4.31. The van der Waals surface area contributed by atoms with Crippen molar-refractivity contribution in [2.45, 2.75) is 19.3 Å². The molecular weight excluding hydrogens is 242 g/mol. The van der Waals surface area contributed by atoms with Gasteiger partial charge in [0.1, 0.15) is 11.4 Å². The van der Waals surface area contributed by atoms with Crippen molar-refractivity contribution in [3.63, 3.8) is 0 Å². The van der Waals surface area contributed by atoms with E-state index in [2.05, 4.69) is 15.1 Å². The number of hydrogen-bond donors (Lipinski definition) is 0. The van der Waals surface area contributed by atoms with E-state index in [4.69, 9.17) is 0 Å². The average molecular weight is 259 g/mol. The van der Waals surface area contributed by atoms with Crippen LogP contribution in [0, 0.1) is 16.7 Å². The zero-order chi connectivity index (χ0) is 13.2. The number of rotatable bonds is 4. The van der Waals surface area contributed by atoms with Gasteiger partial charge in [-0.3, -0.25) is 14.7 Å². The average Bonchev–Trinajstić information content (AvgIpc) is 2.99. The molecule has 19 heavy (non-hydrogen) atoms. The Kier molecular flexibility index (Phi) is 3.38. The fourth-order valence-corrected chi connectivity index (χ4v) is 3.35. The van der Waals surface area contributed by atoms with Gasteiger partial charge in [0.15, 0.2) is 5.78 Å². The molecule has 1 aliphatic heterocycles. The van der Waals surface area contributed by atoms with Gasteiger partial charge in [0.25, 0.3) is 0 Å². The first-order valence-electron chi connectivity index (χ1n) is 6.81. The standard InChI is InChI=1S/C14H17N3O2/c18-14(13-5-4-12(16-19)6-15-13)9-17-7-10-2-1-3-11(10)8-17/h4-6,10-11H,1-3,7-9H2. The molecule has 1 aromatic rings. The lowest BCUT2D eigenvalue weighted by Gasteiger charge is -2.15. The zero-order valence-electron chi connectivity index (χ0n) is 10.8. The van der Waals surface area contributed by atoms with Crippen LogP contribution >= 0.6 is 0 Å². The molecule has 2 unspecified atom stereocenters. The van der Waals surface area contributed by atoms with Crippen molar-refractivity contribution in [3.8, 4) is 0 Å². The molecule has 0 spiro atoms. The van der Waals surface area contributed by atoms with Crippen LogP contribution in [0.1, 0.15) is 29.8 Å². The van der Waals surface area contributed by atoms with Gasteiger partial charge in [0, 0.05) is 13.1 Å². The van der Waals surface area contributed by atoms with E-state index in [0.29, 0.717) is 12.2 Å². The molecule has 2 atom stereocenters. The zero-order valence-corrected chi connectivity index (χ0v) is 10.8. The van der Waals surface area contributed by atoms with E-state index < -0.39 is 0 Å². The number of pyridine rings is 1. The Morgan fingerprint density at radius 2 is 2.05 bits per heavy atom. The van der Waals surface area contributed by atoms with Crippen molar-refractivity contribution >= 4 is 11.5 Å². The number of aromatic nitrogens is 1. The van der Waals surface area contributed by atoms with Crippen molar-refractivity contribution in [2.24, 2.45) is 17.0 Å². The predicted molar refractivity (Wildman–Crippen MR) is 71.3 cm³/mol. The smallest absolute Gasteiger partial charge is 0.195 e. The maximum absolute atomic E-state index is 12.1. The van der Waals surface area contributed by atoms with Crippen molar-refractivity contribution < 1.29 is 4.79 Å². The molecule has 3 rings (SSSR count). The van der Waals surface area contributed by atoms with E-state index in [1.165, 1.54) is 31.5 Å².